The lowest BCUT2D eigenvalue weighted by molar-refractivity contribution is 0.139. The van der Waals surface area contributed by atoms with Gasteiger partial charge in [0.25, 0.3) is 0 Å². The zero-order valence-corrected chi connectivity index (χ0v) is 8.35. The predicted molar refractivity (Wildman–Crippen MR) is 52.7 cm³/mol. The van der Waals surface area contributed by atoms with Crippen LogP contribution in [0.2, 0.25) is 10.0 Å². The molecule has 1 heterocycles. The number of rotatable bonds is 2. The highest BCUT2D eigenvalue weighted by atomic mass is 35.5. The van der Waals surface area contributed by atoms with Gasteiger partial charge in [-0.25, -0.2) is 5.32 Å². The van der Waals surface area contributed by atoms with Crippen molar-refractivity contribution in [3.05, 3.63) is 28.2 Å². The first-order chi connectivity index (χ1) is 6.27. The number of benzene rings is 1. The van der Waals surface area contributed by atoms with E-state index in [2.05, 4.69) is 5.32 Å². The molecule has 0 N–H and O–H groups in total. The Labute approximate surface area is 86.8 Å². The molecule has 1 saturated heterocycles. The van der Waals surface area contributed by atoms with E-state index in [0.29, 0.717) is 15.8 Å². The predicted octanol–water partition coefficient (Wildman–Crippen LogP) is 2.36. The summed E-state index contributed by atoms with van der Waals surface area (Å²) in [5, 5.41) is 5.05. The molecule has 13 heavy (non-hydrogen) atoms. The first-order valence-corrected chi connectivity index (χ1v) is 4.77. The largest absolute Gasteiger partial charge is 0.486 e. The van der Waals surface area contributed by atoms with E-state index in [4.69, 9.17) is 27.9 Å². The summed E-state index contributed by atoms with van der Waals surface area (Å²) >= 11 is 11.8. The third-order valence-electron chi connectivity index (χ3n) is 1.88. The van der Waals surface area contributed by atoms with Gasteiger partial charge in [-0.3, -0.25) is 0 Å². The molecule has 0 atom stereocenters. The van der Waals surface area contributed by atoms with E-state index >= 15 is 0 Å². The van der Waals surface area contributed by atoms with E-state index in [1.54, 1.807) is 6.07 Å². The van der Waals surface area contributed by atoms with Crippen LogP contribution in [-0.2, 0) is 0 Å². The van der Waals surface area contributed by atoms with Gasteiger partial charge in [-0.05, 0) is 12.1 Å². The minimum absolute atomic E-state index is 0.177. The molecule has 69 valence electrons. The normalized spacial score (nSPS) is 16.8. The van der Waals surface area contributed by atoms with Crippen LogP contribution in [0.4, 0.5) is 0 Å². The molecule has 1 aliphatic rings. The van der Waals surface area contributed by atoms with E-state index < -0.39 is 0 Å². The molecule has 1 fully saturated rings. The number of halogens is 2. The lowest BCUT2D eigenvalue weighted by Crippen LogP contribution is -2.45. The molecule has 0 unspecified atom stereocenters. The summed E-state index contributed by atoms with van der Waals surface area (Å²) in [6.45, 7) is 1.51. The van der Waals surface area contributed by atoms with Gasteiger partial charge in [-0.1, -0.05) is 29.3 Å². The van der Waals surface area contributed by atoms with Crippen LogP contribution in [0.3, 0.4) is 0 Å². The summed E-state index contributed by atoms with van der Waals surface area (Å²) < 4.78 is 5.55. The maximum absolute atomic E-state index is 5.93. The fourth-order valence-electron chi connectivity index (χ4n) is 1.06. The molecule has 0 spiro atoms. The second kappa shape index (κ2) is 3.74. The summed E-state index contributed by atoms with van der Waals surface area (Å²) in [6.07, 6.45) is 0.177. The summed E-state index contributed by atoms with van der Waals surface area (Å²) in [6, 6.07) is 5.37. The minimum Gasteiger partial charge on any atom is -0.486 e. The van der Waals surface area contributed by atoms with Crippen LogP contribution in [-0.4, -0.2) is 19.2 Å². The second-order valence-corrected chi connectivity index (χ2v) is 3.67. The van der Waals surface area contributed by atoms with Gasteiger partial charge in [-0.15, -0.1) is 0 Å². The Morgan fingerprint density at radius 2 is 2.08 bits per heavy atom. The van der Waals surface area contributed by atoms with Crippen LogP contribution < -0.4 is 10.1 Å². The topological polar surface area (TPSA) is 23.3 Å². The fourth-order valence-corrected chi connectivity index (χ4v) is 1.40. The van der Waals surface area contributed by atoms with Crippen molar-refractivity contribution in [3.63, 3.8) is 0 Å². The highest BCUT2D eigenvalue weighted by Gasteiger charge is 2.21. The van der Waals surface area contributed by atoms with Crippen LogP contribution in [0, 0.1) is 0 Å². The average Bonchev–Trinajstić information content (AvgIpc) is 2.04. The molecule has 0 bridgehead atoms. The van der Waals surface area contributed by atoms with Crippen molar-refractivity contribution >= 4 is 23.2 Å². The molecule has 1 radical (unpaired) electrons. The van der Waals surface area contributed by atoms with Gasteiger partial charge in [0.2, 0.25) is 0 Å². The number of hydrogen-bond acceptors (Lipinski definition) is 1. The molecule has 0 aromatic heterocycles. The lowest BCUT2D eigenvalue weighted by Gasteiger charge is -2.26. The van der Waals surface area contributed by atoms with E-state index in [-0.39, 0.29) is 6.10 Å². The maximum atomic E-state index is 5.93. The van der Waals surface area contributed by atoms with Gasteiger partial charge in [0.1, 0.15) is 16.9 Å². The van der Waals surface area contributed by atoms with Crippen LogP contribution in [0.5, 0.6) is 5.75 Å². The number of nitrogens with zero attached hydrogens (tertiary/aromatic N) is 1. The standard InChI is InChI=1S/C9H8Cl2NO/c10-7-2-1-3-8(9(7)11)13-6-4-12-5-6/h1-3,6H,4-5H2. The Hall–Kier alpha value is -0.440. The van der Waals surface area contributed by atoms with Gasteiger partial charge in [0.15, 0.2) is 0 Å². The van der Waals surface area contributed by atoms with Crippen LogP contribution in [0.15, 0.2) is 18.2 Å². The maximum Gasteiger partial charge on any atom is 0.139 e. The van der Waals surface area contributed by atoms with Gasteiger partial charge < -0.3 is 4.74 Å². The van der Waals surface area contributed by atoms with Crippen molar-refractivity contribution in [2.75, 3.05) is 13.1 Å². The third kappa shape index (κ3) is 1.90. The fraction of sp³-hybridized carbons (Fsp3) is 0.333. The highest BCUT2D eigenvalue weighted by Crippen LogP contribution is 2.32. The smallest absolute Gasteiger partial charge is 0.139 e. The average molecular weight is 217 g/mol. The van der Waals surface area contributed by atoms with E-state index in [1.165, 1.54) is 0 Å². The Bertz CT molecular complexity index is 312. The molecule has 4 heteroatoms. The molecule has 0 aliphatic carbocycles. The molecule has 2 rings (SSSR count). The zero-order chi connectivity index (χ0) is 9.26. The molecule has 1 aliphatic heterocycles. The number of ether oxygens (including phenoxy) is 1. The minimum atomic E-state index is 0.177. The Morgan fingerprint density at radius 1 is 1.31 bits per heavy atom. The zero-order valence-electron chi connectivity index (χ0n) is 6.84. The van der Waals surface area contributed by atoms with Crippen molar-refractivity contribution in [3.8, 4) is 5.75 Å². The van der Waals surface area contributed by atoms with Crippen molar-refractivity contribution < 1.29 is 4.74 Å². The van der Waals surface area contributed by atoms with Gasteiger partial charge in [0.05, 0.1) is 18.1 Å². The number of hydrogen-bond donors (Lipinski definition) is 0. The van der Waals surface area contributed by atoms with Crippen LogP contribution >= 0.6 is 23.2 Å². The van der Waals surface area contributed by atoms with Crippen molar-refractivity contribution in [2.45, 2.75) is 6.10 Å². The van der Waals surface area contributed by atoms with E-state index in [0.717, 1.165) is 13.1 Å². The molecular weight excluding hydrogens is 209 g/mol. The molecular formula is C9H8Cl2NO. The Balaban J connectivity index is 2.14. The molecule has 1 aromatic carbocycles. The van der Waals surface area contributed by atoms with Gasteiger partial charge in [-0.2, -0.15) is 0 Å². The van der Waals surface area contributed by atoms with Crippen LogP contribution in [0.25, 0.3) is 0 Å². The monoisotopic (exact) mass is 216 g/mol. The quantitative estimate of drug-likeness (QED) is 0.745. The molecule has 0 saturated carbocycles. The summed E-state index contributed by atoms with van der Waals surface area (Å²) in [7, 11) is 0. The molecule has 2 nitrogen and oxygen atoms in total. The SMILES string of the molecule is Clc1cccc(OC2C[N]C2)c1Cl. The van der Waals surface area contributed by atoms with Crippen LogP contribution in [0.1, 0.15) is 0 Å². The van der Waals surface area contributed by atoms with E-state index in [1.807, 2.05) is 12.1 Å². The third-order valence-corrected chi connectivity index (χ3v) is 2.68. The first kappa shape index (κ1) is 9.13. The molecule has 0 amide bonds. The summed E-state index contributed by atoms with van der Waals surface area (Å²) in [5.74, 6) is 0.647. The first-order valence-electron chi connectivity index (χ1n) is 4.01. The Kier molecular flexibility index (Phi) is 2.63. The summed E-state index contributed by atoms with van der Waals surface area (Å²) in [5.41, 5.74) is 0. The van der Waals surface area contributed by atoms with Crippen molar-refractivity contribution in [2.24, 2.45) is 0 Å². The highest BCUT2D eigenvalue weighted by molar-refractivity contribution is 6.42. The Morgan fingerprint density at radius 3 is 2.69 bits per heavy atom. The lowest BCUT2D eigenvalue weighted by atomic mass is 10.2. The summed E-state index contributed by atoms with van der Waals surface area (Å²) in [4.78, 5) is 0. The van der Waals surface area contributed by atoms with Gasteiger partial charge >= 0.3 is 0 Å². The molecule has 1 aromatic rings. The van der Waals surface area contributed by atoms with E-state index in [9.17, 15) is 0 Å². The van der Waals surface area contributed by atoms with Crippen molar-refractivity contribution in [1.82, 2.24) is 5.32 Å². The van der Waals surface area contributed by atoms with Gasteiger partial charge in [0, 0.05) is 0 Å². The second-order valence-electron chi connectivity index (χ2n) is 2.88. The van der Waals surface area contributed by atoms with Crippen molar-refractivity contribution in [1.29, 1.82) is 0 Å².